The van der Waals surface area contributed by atoms with E-state index in [1.165, 1.54) is 19.3 Å². The van der Waals surface area contributed by atoms with Crippen molar-refractivity contribution in [3.63, 3.8) is 0 Å². The second-order valence-corrected chi connectivity index (χ2v) is 5.89. The van der Waals surface area contributed by atoms with Crippen molar-refractivity contribution in [1.82, 2.24) is 0 Å². The highest BCUT2D eigenvalue weighted by Gasteiger charge is 2.29. The van der Waals surface area contributed by atoms with Crippen molar-refractivity contribution in [2.45, 2.75) is 26.7 Å². The third-order valence-electron chi connectivity index (χ3n) is 2.76. The summed E-state index contributed by atoms with van der Waals surface area (Å²) in [6.45, 7) is 7.01. The largest absolute Gasteiger partial charge is 0.295 e. The molecule has 0 radical (unpaired) electrons. The second-order valence-electron chi connectivity index (χ2n) is 3.86. The Morgan fingerprint density at radius 1 is 1.50 bits per heavy atom. The summed E-state index contributed by atoms with van der Waals surface area (Å²) in [6.07, 6.45) is 3.57. The van der Waals surface area contributed by atoms with Crippen LogP contribution in [0.4, 0.5) is 0 Å². The smallest absolute Gasteiger partial charge is 0.172 e. The highest BCUT2D eigenvalue weighted by atomic mass is 32.2. The number of allylic oxidation sites excluding steroid dienone is 5. The summed E-state index contributed by atoms with van der Waals surface area (Å²) in [5.74, 6) is -0.0603. The molecule has 1 aliphatic rings. The fraction of sp³-hybridized carbons (Fsp3) is 0.417. The highest BCUT2D eigenvalue weighted by molar-refractivity contribution is 7.94. The van der Waals surface area contributed by atoms with Crippen molar-refractivity contribution in [2.24, 2.45) is 0 Å². The lowest BCUT2D eigenvalue weighted by Crippen LogP contribution is -2.02. The van der Waals surface area contributed by atoms with Gasteiger partial charge in [-0.15, -0.1) is 0 Å². The van der Waals surface area contributed by atoms with Crippen LogP contribution in [0, 0.1) is 0 Å². The average Bonchev–Trinajstić information content (AvgIpc) is 2.54. The number of carbonyl (C=O) groups excluding carboxylic acids is 1. The van der Waals surface area contributed by atoms with Gasteiger partial charge in [-0.25, -0.2) is 8.42 Å². The van der Waals surface area contributed by atoms with Crippen molar-refractivity contribution < 1.29 is 13.2 Å². The molecule has 1 rings (SSSR count). The summed E-state index contributed by atoms with van der Waals surface area (Å²) < 4.78 is 23.2. The van der Waals surface area contributed by atoms with Gasteiger partial charge >= 0.3 is 0 Å². The van der Waals surface area contributed by atoms with Crippen molar-refractivity contribution in [1.29, 1.82) is 0 Å². The minimum atomic E-state index is -3.26. The Bertz CT molecular complexity index is 504. The first-order valence-electron chi connectivity index (χ1n) is 5.11. The first-order valence-corrected chi connectivity index (χ1v) is 7.01. The van der Waals surface area contributed by atoms with Crippen molar-refractivity contribution in [3.8, 4) is 0 Å². The number of rotatable bonds is 4. The van der Waals surface area contributed by atoms with Crippen LogP contribution >= 0.6 is 0 Å². The van der Waals surface area contributed by atoms with Gasteiger partial charge in [-0.05, 0) is 24.5 Å². The topological polar surface area (TPSA) is 51.2 Å². The molecule has 0 fully saturated rings. The minimum Gasteiger partial charge on any atom is -0.295 e. The third kappa shape index (κ3) is 2.16. The van der Waals surface area contributed by atoms with E-state index in [1.54, 1.807) is 0 Å². The van der Waals surface area contributed by atoms with Crippen LogP contribution in [0.15, 0.2) is 34.3 Å². The molecule has 16 heavy (non-hydrogen) atoms. The lowest BCUT2D eigenvalue weighted by Gasteiger charge is -2.03. The highest BCUT2D eigenvalue weighted by Crippen LogP contribution is 2.37. The van der Waals surface area contributed by atoms with Crippen LogP contribution in [-0.2, 0) is 14.6 Å². The quantitative estimate of drug-likeness (QED) is 0.756. The Morgan fingerprint density at radius 3 is 2.38 bits per heavy atom. The van der Waals surface area contributed by atoms with Gasteiger partial charge in [-0.3, -0.25) is 4.79 Å². The van der Waals surface area contributed by atoms with E-state index in [1.807, 2.05) is 6.92 Å². The molecule has 0 heterocycles. The fourth-order valence-electron chi connectivity index (χ4n) is 2.00. The Labute approximate surface area is 96.5 Å². The maximum absolute atomic E-state index is 11.6. The molecule has 0 aromatic rings. The Hall–Kier alpha value is -1.16. The molecule has 0 aromatic carbocycles. The summed E-state index contributed by atoms with van der Waals surface area (Å²) in [7, 11) is -3.26. The zero-order valence-corrected chi connectivity index (χ0v) is 10.6. The van der Waals surface area contributed by atoms with Crippen LogP contribution in [0.5, 0.6) is 0 Å². The van der Waals surface area contributed by atoms with Gasteiger partial charge in [0.25, 0.3) is 0 Å². The minimum absolute atomic E-state index is 0.0603. The second kappa shape index (κ2) is 4.37. The number of hydrogen-bond acceptors (Lipinski definition) is 3. The Kier molecular flexibility index (Phi) is 3.53. The molecule has 0 aliphatic heterocycles. The maximum atomic E-state index is 11.6. The summed E-state index contributed by atoms with van der Waals surface area (Å²) in [5, 5.41) is 0. The van der Waals surface area contributed by atoms with E-state index in [9.17, 15) is 13.2 Å². The molecule has 88 valence electrons. The van der Waals surface area contributed by atoms with E-state index >= 15 is 0 Å². The molecule has 1 aliphatic carbocycles. The predicted molar refractivity (Wildman–Crippen MR) is 64.7 cm³/mol. The molecular formula is C12H16O3S. The van der Waals surface area contributed by atoms with Gasteiger partial charge < -0.3 is 0 Å². The van der Waals surface area contributed by atoms with Gasteiger partial charge in [0, 0.05) is 18.2 Å². The van der Waals surface area contributed by atoms with Crippen LogP contribution in [0.1, 0.15) is 26.7 Å². The molecule has 0 saturated carbocycles. The standard InChI is InChI=1S/C12H16O3S/c1-5-9-10(6-2)12(16(4,14)15)7-11(9)8(3)13/h6H,2,5,7H2,1,3-4H3. The SMILES string of the molecule is C=CC1=C(S(C)(=O)=O)CC(C(C)=O)=C1CC. The van der Waals surface area contributed by atoms with Gasteiger partial charge in [0.15, 0.2) is 15.6 Å². The molecule has 0 amide bonds. The fourth-order valence-corrected chi connectivity index (χ4v) is 3.01. The lowest BCUT2D eigenvalue weighted by atomic mass is 10.0. The first kappa shape index (κ1) is 12.9. The van der Waals surface area contributed by atoms with Crippen molar-refractivity contribution in [3.05, 3.63) is 34.3 Å². The molecule has 0 bridgehead atoms. The van der Waals surface area contributed by atoms with E-state index in [0.717, 1.165) is 5.57 Å². The molecule has 0 saturated heterocycles. The number of sulfone groups is 1. The van der Waals surface area contributed by atoms with Crippen molar-refractivity contribution in [2.75, 3.05) is 6.26 Å². The monoisotopic (exact) mass is 240 g/mol. The lowest BCUT2D eigenvalue weighted by molar-refractivity contribution is -0.113. The number of carbonyl (C=O) groups is 1. The maximum Gasteiger partial charge on any atom is 0.172 e. The predicted octanol–water partition coefficient (Wildman–Crippen LogP) is 2.17. The summed E-state index contributed by atoms with van der Waals surface area (Å²) in [4.78, 5) is 11.8. The Balaban J connectivity index is 3.41. The molecule has 0 aromatic heterocycles. The number of hydrogen-bond donors (Lipinski definition) is 0. The van der Waals surface area contributed by atoms with Crippen LogP contribution in [0.2, 0.25) is 0 Å². The van der Waals surface area contributed by atoms with E-state index in [0.29, 0.717) is 22.5 Å². The molecule has 0 atom stereocenters. The molecule has 0 unspecified atom stereocenters. The molecular weight excluding hydrogens is 224 g/mol. The molecule has 0 N–H and O–H groups in total. The summed E-state index contributed by atoms with van der Waals surface area (Å²) >= 11 is 0. The van der Waals surface area contributed by atoms with E-state index in [2.05, 4.69) is 6.58 Å². The van der Waals surface area contributed by atoms with Crippen molar-refractivity contribution >= 4 is 15.6 Å². The zero-order valence-electron chi connectivity index (χ0n) is 9.83. The Morgan fingerprint density at radius 2 is 2.06 bits per heavy atom. The van der Waals surface area contributed by atoms with Gasteiger partial charge in [-0.2, -0.15) is 0 Å². The molecule has 3 nitrogen and oxygen atoms in total. The number of Topliss-reactive ketones (excluding diaryl/α,β-unsaturated/α-hetero) is 1. The first-order chi connectivity index (χ1) is 7.32. The van der Waals surface area contributed by atoms with Crippen LogP contribution < -0.4 is 0 Å². The van der Waals surface area contributed by atoms with Crippen LogP contribution in [-0.4, -0.2) is 20.5 Å². The average molecular weight is 240 g/mol. The van der Waals surface area contributed by atoms with Gasteiger partial charge in [0.05, 0.1) is 4.91 Å². The van der Waals surface area contributed by atoms with Crippen LogP contribution in [0.25, 0.3) is 0 Å². The third-order valence-corrected chi connectivity index (χ3v) is 4.02. The molecule has 0 spiro atoms. The number of ketones is 1. The van der Waals surface area contributed by atoms with Gasteiger partial charge in [0.2, 0.25) is 0 Å². The van der Waals surface area contributed by atoms with E-state index in [4.69, 9.17) is 0 Å². The summed E-state index contributed by atoms with van der Waals surface area (Å²) in [6, 6.07) is 0. The zero-order chi connectivity index (χ0) is 12.5. The van der Waals surface area contributed by atoms with E-state index < -0.39 is 9.84 Å². The van der Waals surface area contributed by atoms with E-state index in [-0.39, 0.29) is 12.2 Å². The van der Waals surface area contributed by atoms with Crippen LogP contribution in [0.3, 0.4) is 0 Å². The molecule has 4 heteroatoms. The van der Waals surface area contributed by atoms with Gasteiger partial charge in [-0.1, -0.05) is 19.6 Å². The normalized spacial score (nSPS) is 16.9. The van der Waals surface area contributed by atoms with Gasteiger partial charge in [0.1, 0.15) is 0 Å². The summed E-state index contributed by atoms with van der Waals surface area (Å²) in [5.41, 5.74) is 2.05.